The van der Waals surface area contributed by atoms with Crippen LogP contribution in [0.2, 0.25) is 0 Å². The van der Waals surface area contributed by atoms with Gasteiger partial charge >= 0.3 is 5.97 Å². The lowest BCUT2D eigenvalue weighted by molar-refractivity contribution is -0.139. The van der Waals surface area contributed by atoms with Crippen molar-refractivity contribution in [1.29, 1.82) is 0 Å². The zero-order valence-electron chi connectivity index (χ0n) is 14.3. The number of rotatable bonds is 6. The Morgan fingerprint density at radius 3 is 2.64 bits per heavy atom. The minimum absolute atomic E-state index is 0.0123. The molecule has 3 rings (SSSR count). The Morgan fingerprint density at radius 1 is 1.32 bits per heavy atom. The Labute approximate surface area is 147 Å². The number of nitrogens with zero attached hydrogens (tertiary/aromatic N) is 1. The van der Waals surface area contributed by atoms with E-state index in [1.165, 1.54) is 6.07 Å². The molecule has 2 aliphatic rings. The topological polar surface area (TPSA) is 104 Å². The van der Waals surface area contributed by atoms with Crippen molar-refractivity contribution < 1.29 is 23.1 Å². The summed E-state index contributed by atoms with van der Waals surface area (Å²) in [7, 11) is -3.98. The summed E-state index contributed by atoms with van der Waals surface area (Å²) >= 11 is 0. The second-order valence-corrected chi connectivity index (χ2v) is 8.77. The molecule has 7 nitrogen and oxygen atoms in total. The van der Waals surface area contributed by atoms with Gasteiger partial charge in [-0.15, -0.1) is 0 Å². The molecule has 25 heavy (non-hydrogen) atoms. The number of carboxylic acids is 1. The first kappa shape index (κ1) is 17.9. The van der Waals surface area contributed by atoms with Crippen LogP contribution in [0.1, 0.15) is 37.8 Å². The summed E-state index contributed by atoms with van der Waals surface area (Å²) in [5.74, 6) is -1.17. The SMILES string of the molecule is CC(C)C[C@@H](NS(=O)(=O)c1cc2c3c(c1)CC(=O)N3CCC2)C(=O)O. The lowest BCUT2D eigenvalue weighted by Crippen LogP contribution is -2.41. The number of nitrogens with one attached hydrogen (secondary N) is 1. The van der Waals surface area contributed by atoms with Crippen LogP contribution in [0.5, 0.6) is 0 Å². The van der Waals surface area contributed by atoms with Crippen molar-refractivity contribution in [3.05, 3.63) is 23.3 Å². The summed E-state index contributed by atoms with van der Waals surface area (Å²) in [4.78, 5) is 25.2. The molecule has 0 spiro atoms. The van der Waals surface area contributed by atoms with Crippen LogP contribution in [0.15, 0.2) is 17.0 Å². The van der Waals surface area contributed by atoms with Gasteiger partial charge in [-0.05, 0) is 48.4 Å². The molecule has 0 aliphatic carbocycles. The molecule has 0 saturated carbocycles. The quantitative estimate of drug-likeness (QED) is 0.790. The number of hydrogen-bond donors (Lipinski definition) is 2. The molecule has 0 saturated heterocycles. The lowest BCUT2D eigenvalue weighted by Gasteiger charge is -2.26. The van der Waals surface area contributed by atoms with Gasteiger partial charge in [0.2, 0.25) is 15.9 Å². The molecule has 2 heterocycles. The number of anilines is 1. The zero-order chi connectivity index (χ0) is 18.4. The standard InChI is InChI=1S/C17H22N2O5S/c1-10(2)6-14(17(21)22)18-25(23,24)13-7-11-4-3-5-19-15(20)9-12(8-13)16(11)19/h7-8,10,14,18H,3-6,9H2,1-2H3,(H,21,22)/t14-/m1/s1. The number of carbonyl (C=O) groups excluding carboxylic acids is 1. The van der Waals surface area contributed by atoms with Gasteiger partial charge in [0.25, 0.3) is 0 Å². The Kier molecular flexibility index (Phi) is 4.59. The van der Waals surface area contributed by atoms with Crippen LogP contribution in [0, 0.1) is 5.92 Å². The highest BCUT2D eigenvalue weighted by atomic mass is 32.2. The van der Waals surface area contributed by atoms with Gasteiger partial charge in [0.15, 0.2) is 0 Å². The third-order valence-electron chi connectivity index (χ3n) is 4.59. The van der Waals surface area contributed by atoms with Gasteiger partial charge in [-0.2, -0.15) is 4.72 Å². The first-order chi connectivity index (χ1) is 11.7. The van der Waals surface area contributed by atoms with Crippen molar-refractivity contribution >= 4 is 27.6 Å². The fraction of sp³-hybridized carbons (Fsp3) is 0.529. The first-order valence-corrected chi connectivity index (χ1v) is 9.88. The third-order valence-corrected chi connectivity index (χ3v) is 6.05. The number of hydrogen-bond acceptors (Lipinski definition) is 4. The van der Waals surface area contributed by atoms with Crippen molar-refractivity contribution in [3.63, 3.8) is 0 Å². The van der Waals surface area contributed by atoms with E-state index < -0.39 is 22.0 Å². The van der Waals surface area contributed by atoms with Crippen LogP contribution in [0.25, 0.3) is 0 Å². The summed E-state index contributed by atoms with van der Waals surface area (Å²) in [6, 6.07) is 1.89. The molecule has 1 atom stereocenters. The molecule has 0 radical (unpaired) electrons. The van der Waals surface area contributed by atoms with Crippen LogP contribution < -0.4 is 9.62 Å². The summed E-state index contributed by atoms with van der Waals surface area (Å²) in [5, 5.41) is 9.29. The highest BCUT2D eigenvalue weighted by Crippen LogP contribution is 2.38. The Balaban J connectivity index is 1.95. The third kappa shape index (κ3) is 3.41. The molecule has 2 N–H and O–H groups in total. The van der Waals surface area contributed by atoms with Crippen molar-refractivity contribution in [2.75, 3.05) is 11.4 Å². The van der Waals surface area contributed by atoms with Gasteiger partial charge in [-0.25, -0.2) is 8.42 Å². The summed E-state index contributed by atoms with van der Waals surface area (Å²) in [6.45, 7) is 4.34. The summed E-state index contributed by atoms with van der Waals surface area (Å²) < 4.78 is 27.7. The Morgan fingerprint density at radius 2 is 2.00 bits per heavy atom. The maximum absolute atomic E-state index is 12.7. The van der Waals surface area contributed by atoms with Crippen LogP contribution in [0.4, 0.5) is 5.69 Å². The first-order valence-electron chi connectivity index (χ1n) is 8.40. The molecule has 1 amide bonds. The predicted octanol–water partition coefficient (Wildman–Crippen LogP) is 1.30. The second-order valence-electron chi connectivity index (χ2n) is 7.06. The van der Waals surface area contributed by atoms with Gasteiger partial charge in [0, 0.05) is 6.54 Å². The van der Waals surface area contributed by atoms with E-state index in [4.69, 9.17) is 0 Å². The number of benzene rings is 1. The highest BCUT2D eigenvalue weighted by Gasteiger charge is 2.34. The van der Waals surface area contributed by atoms with Gasteiger partial charge in [-0.1, -0.05) is 13.8 Å². The number of amides is 1. The van der Waals surface area contributed by atoms with Crippen LogP contribution in [-0.2, 0) is 32.5 Å². The zero-order valence-corrected chi connectivity index (χ0v) is 15.1. The maximum Gasteiger partial charge on any atom is 0.321 e. The van der Waals surface area contributed by atoms with E-state index in [0.717, 1.165) is 17.7 Å². The number of aliphatic carboxylic acids is 1. The lowest BCUT2D eigenvalue weighted by atomic mass is 10.0. The smallest absolute Gasteiger partial charge is 0.321 e. The molecule has 2 aliphatic heterocycles. The van der Waals surface area contributed by atoms with Gasteiger partial charge in [0.1, 0.15) is 6.04 Å². The molecular formula is C17H22N2O5S. The van der Waals surface area contributed by atoms with Gasteiger partial charge < -0.3 is 10.0 Å². The molecule has 0 aromatic heterocycles. The monoisotopic (exact) mass is 366 g/mol. The van der Waals surface area contributed by atoms with Crippen molar-refractivity contribution in [1.82, 2.24) is 4.72 Å². The maximum atomic E-state index is 12.7. The van der Waals surface area contributed by atoms with E-state index in [2.05, 4.69) is 4.72 Å². The van der Waals surface area contributed by atoms with Crippen molar-refractivity contribution in [2.24, 2.45) is 5.92 Å². The Bertz CT molecular complexity index is 832. The largest absolute Gasteiger partial charge is 0.480 e. The molecule has 8 heteroatoms. The van der Waals surface area contributed by atoms with Crippen molar-refractivity contribution in [2.45, 2.75) is 50.5 Å². The molecule has 1 aromatic rings. The Hall–Kier alpha value is -1.93. The fourth-order valence-electron chi connectivity index (χ4n) is 3.53. The molecule has 136 valence electrons. The normalized spacial score (nSPS) is 17.7. The summed E-state index contributed by atoms with van der Waals surface area (Å²) in [6.07, 6.45) is 1.91. The average Bonchev–Trinajstić information content (AvgIpc) is 2.84. The summed E-state index contributed by atoms with van der Waals surface area (Å²) in [5.41, 5.74) is 2.39. The molecule has 0 bridgehead atoms. The highest BCUT2D eigenvalue weighted by molar-refractivity contribution is 7.89. The van der Waals surface area contributed by atoms with Crippen molar-refractivity contribution in [3.8, 4) is 0 Å². The molecule has 1 aromatic carbocycles. The molecular weight excluding hydrogens is 344 g/mol. The second kappa shape index (κ2) is 6.42. The molecule has 0 unspecified atom stereocenters. The van der Waals surface area contributed by atoms with E-state index in [1.807, 2.05) is 13.8 Å². The van der Waals surface area contributed by atoms with Gasteiger partial charge in [-0.3, -0.25) is 9.59 Å². The molecule has 0 fully saturated rings. The number of sulfonamides is 1. The number of aryl methyl sites for hydroxylation is 1. The minimum Gasteiger partial charge on any atom is -0.480 e. The van der Waals surface area contributed by atoms with E-state index in [-0.39, 0.29) is 29.6 Å². The number of carboxylic acid groups (broad SMARTS) is 1. The minimum atomic E-state index is -3.98. The average molecular weight is 366 g/mol. The van der Waals surface area contributed by atoms with E-state index in [0.29, 0.717) is 18.5 Å². The van der Waals surface area contributed by atoms with Crippen LogP contribution >= 0.6 is 0 Å². The van der Waals surface area contributed by atoms with E-state index >= 15 is 0 Å². The van der Waals surface area contributed by atoms with Crippen LogP contribution in [-0.4, -0.2) is 38.0 Å². The fourth-order valence-corrected chi connectivity index (χ4v) is 4.83. The van der Waals surface area contributed by atoms with E-state index in [9.17, 15) is 23.1 Å². The predicted molar refractivity (Wildman–Crippen MR) is 92.0 cm³/mol. The number of carbonyl (C=O) groups is 2. The van der Waals surface area contributed by atoms with E-state index in [1.54, 1.807) is 11.0 Å². The van der Waals surface area contributed by atoms with Crippen LogP contribution in [0.3, 0.4) is 0 Å². The van der Waals surface area contributed by atoms with Gasteiger partial charge in [0.05, 0.1) is 17.0 Å².